The fraction of sp³-hybridized carbons (Fsp3) is 0.350. The van der Waals surface area contributed by atoms with Crippen LogP contribution in [0.4, 0.5) is 5.69 Å². The molecule has 0 aliphatic carbocycles. The predicted octanol–water partition coefficient (Wildman–Crippen LogP) is 1.90. The Morgan fingerprint density at radius 2 is 1.81 bits per heavy atom. The quantitative estimate of drug-likeness (QED) is 0.756. The lowest BCUT2D eigenvalue weighted by Crippen LogP contribution is -2.38. The SMILES string of the molecule is NCCN(CCc1ccccc1)CC(=O)Nc1ccc2c(c1)OCCO2. The standard InChI is InChI=1S/C20H25N3O3/c21-9-11-23(10-8-16-4-2-1-3-5-16)15-20(24)22-17-6-7-18-19(14-17)26-13-12-25-18/h1-7,14H,8-13,15,21H2,(H,22,24). The van der Waals surface area contributed by atoms with Crippen LogP contribution in [0.5, 0.6) is 11.5 Å². The van der Waals surface area contributed by atoms with Gasteiger partial charge in [0, 0.05) is 31.4 Å². The molecule has 0 unspecified atom stereocenters. The Morgan fingerprint density at radius 1 is 1.04 bits per heavy atom. The van der Waals surface area contributed by atoms with Gasteiger partial charge in [0.15, 0.2) is 11.5 Å². The third-order valence-electron chi connectivity index (χ3n) is 4.20. The molecule has 1 amide bonds. The molecule has 2 aromatic rings. The van der Waals surface area contributed by atoms with Crippen molar-refractivity contribution < 1.29 is 14.3 Å². The molecule has 0 fully saturated rings. The molecule has 3 rings (SSSR count). The molecule has 0 saturated heterocycles. The largest absolute Gasteiger partial charge is 0.486 e. The first kappa shape index (κ1) is 18.2. The van der Waals surface area contributed by atoms with Gasteiger partial charge in [-0.3, -0.25) is 9.69 Å². The summed E-state index contributed by atoms with van der Waals surface area (Å²) in [5.74, 6) is 1.31. The molecule has 26 heavy (non-hydrogen) atoms. The van der Waals surface area contributed by atoms with Crippen LogP contribution in [-0.4, -0.2) is 50.2 Å². The molecule has 0 bridgehead atoms. The zero-order valence-electron chi connectivity index (χ0n) is 14.8. The van der Waals surface area contributed by atoms with Crippen molar-refractivity contribution in [1.29, 1.82) is 0 Å². The van der Waals surface area contributed by atoms with E-state index in [0.29, 0.717) is 50.0 Å². The highest BCUT2D eigenvalue weighted by atomic mass is 16.6. The van der Waals surface area contributed by atoms with Gasteiger partial charge in [-0.15, -0.1) is 0 Å². The van der Waals surface area contributed by atoms with E-state index < -0.39 is 0 Å². The molecule has 0 saturated carbocycles. The lowest BCUT2D eigenvalue weighted by Gasteiger charge is -2.22. The van der Waals surface area contributed by atoms with E-state index in [0.717, 1.165) is 13.0 Å². The van der Waals surface area contributed by atoms with E-state index in [1.165, 1.54) is 5.56 Å². The highest BCUT2D eigenvalue weighted by molar-refractivity contribution is 5.92. The van der Waals surface area contributed by atoms with Crippen LogP contribution in [0.3, 0.4) is 0 Å². The summed E-state index contributed by atoms with van der Waals surface area (Å²) in [5.41, 5.74) is 7.65. The van der Waals surface area contributed by atoms with Gasteiger partial charge in [-0.05, 0) is 24.1 Å². The molecule has 3 N–H and O–H groups in total. The van der Waals surface area contributed by atoms with Gasteiger partial charge in [-0.2, -0.15) is 0 Å². The van der Waals surface area contributed by atoms with Crippen LogP contribution in [0.15, 0.2) is 48.5 Å². The number of anilines is 1. The maximum atomic E-state index is 12.4. The Kier molecular flexibility index (Phi) is 6.46. The molecule has 0 spiro atoms. The lowest BCUT2D eigenvalue weighted by atomic mass is 10.1. The normalized spacial score (nSPS) is 12.8. The second-order valence-corrected chi connectivity index (χ2v) is 6.21. The van der Waals surface area contributed by atoms with Crippen molar-refractivity contribution in [1.82, 2.24) is 4.90 Å². The number of nitrogens with two attached hydrogens (primary N) is 1. The van der Waals surface area contributed by atoms with Crippen LogP contribution in [0.25, 0.3) is 0 Å². The topological polar surface area (TPSA) is 76.8 Å². The second-order valence-electron chi connectivity index (χ2n) is 6.21. The number of carbonyl (C=O) groups is 1. The van der Waals surface area contributed by atoms with Gasteiger partial charge in [0.1, 0.15) is 13.2 Å². The zero-order valence-corrected chi connectivity index (χ0v) is 14.8. The van der Waals surface area contributed by atoms with E-state index in [1.54, 1.807) is 6.07 Å². The first-order valence-electron chi connectivity index (χ1n) is 8.90. The molecule has 6 heteroatoms. The van der Waals surface area contributed by atoms with Crippen LogP contribution in [0.2, 0.25) is 0 Å². The molecule has 6 nitrogen and oxygen atoms in total. The Bertz CT molecular complexity index is 721. The molecule has 138 valence electrons. The summed E-state index contributed by atoms with van der Waals surface area (Å²) in [4.78, 5) is 14.5. The van der Waals surface area contributed by atoms with Crippen LogP contribution < -0.4 is 20.5 Å². The van der Waals surface area contributed by atoms with Gasteiger partial charge in [-0.25, -0.2) is 0 Å². The summed E-state index contributed by atoms with van der Waals surface area (Å²) in [6, 6.07) is 15.7. The predicted molar refractivity (Wildman–Crippen MR) is 102 cm³/mol. The van der Waals surface area contributed by atoms with Crippen molar-refractivity contribution in [3.63, 3.8) is 0 Å². The van der Waals surface area contributed by atoms with Gasteiger partial charge in [0.05, 0.1) is 6.54 Å². The van der Waals surface area contributed by atoms with Gasteiger partial charge in [0.25, 0.3) is 0 Å². The average molecular weight is 355 g/mol. The molecule has 0 aromatic heterocycles. The zero-order chi connectivity index (χ0) is 18.2. The van der Waals surface area contributed by atoms with Crippen molar-refractivity contribution in [2.75, 3.05) is 44.7 Å². The minimum atomic E-state index is -0.0665. The first-order chi connectivity index (χ1) is 12.7. The third kappa shape index (κ3) is 5.21. The summed E-state index contributed by atoms with van der Waals surface area (Å²) in [7, 11) is 0. The van der Waals surface area contributed by atoms with Gasteiger partial charge < -0.3 is 20.5 Å². The first-order valence-corrected chi connectivity index (χ1v) is 8.90. The fourth-order valence-electron chi connectivity index (χ4n) is 2.91. The Morgan fingerprint density at radius 3 is 2.58 bits per heavy atom. The number of nitrogens with one attached hydrogen (secondary N) is 1. The smallest absolute Gasteiger partial charge is 0.238 e. The second kappa shape index (κ2) is 9.22. The Balaban J connectivity index is 1.54. The number of nitrogens with zero attached hydrogens (tertiary/aromatic N) is 1. The number of benzene rings is 2. The number of amides is 1. The highest BCUT2D eigenvalue weighted by Crippen LogP contribution is 2.32. The number of hydrogen-bond donors (Lipinski definition) is 2. The van der Waals surface area contributed by atoms with Crippen LogP contribution in [0.1, 0.15) is 5.56 Å². The Labute approximate surface area is 153 Å². The minimum absolute atomic E-state index is 0.0665. The number of carbonyl (C=O) groups excluding carboxylic acids is 1. The molecule has 1 heterocycles. The molecule has 1 aliphatic heterocycles. The highest BCUT2D eigenvalue weighted by Gasteiger charge is 2.14. The van der Waals surface area contributed by atoms with E-state index >= 15 is 0 Å². The van der Waals surface area contributed by atoms with Gasteiger partial charge >= 0.3 is 0 Å². The number of rotatable bonds is 8. The molecule has 0 atom stereocenters. The monoisotopic (exact) mass is 355 g/mol. The number of hydrogen-bond acceptors (Lipinski definition) is 5. The summed E-state index contributed by atoms with van der Waals surface area (Å²) < 4.78 is 11.0. The van der Waals surface area contributed by atoms with Crippen molar-refractivity contribution in [2.24, 2.45) is 5.73 Å². The molecule has 1 aliphatic rings. The summed E-state index contributed by atoms with van der Waals surface area (Å²) >= 11 is 0. The molecule has 2 aromatic carbocycles. The molecular formula is C20H25N3O3. The fourth-order valence-corrected chi connectivity index (χ4v) is 2.91. The summed E-state index contributed by atoms with van der Waals surface area (Å²) in [6.07, 6.45) is 0.887. The maximum Gasteiger partial charge on any atom is 0.238 e. The van der Waals surface area contributed by atoms with E-state index in [1.807, 2.05) is 30.3 Å². The van der Waals surface area contributed by atoms with Crippen molar-refractivity contribution in [3.8, 4) is 11.5 Å². The average Bonchev–Trinajstić information content (AvgIpc) is 2.67. The third-order valence-corrected chi connectivity index (χ3v) is 4.20. The lowest BCUT2D eigenvalue weighted by molar-refractivity contribution is -0.117. The maximum absolute atomic E-state index is 12.4. The van der Waals surface area contributed by atoms with E-state index in [-0.39, 0.29) is 5.91 Å². The summed E-state index contributed by atoms with van der Waals surface area (Å²) in [5, 5.41) is 2.92. The van der Waals surface area contributed by atoms with Gasteiger partial charge in [0.2, 0.25) is 5.91 Å². The van der Waals surface area contributed by atoms with E-state index in [4.69, 9.17) is 15.2 Å². The van der Waals surface area contributed by atoms with Crippen LogP contribution >= 0.6 is 0 Å². The van der Waals surface area contributed by atoms with E-state index in [9.17, 15) is 4.79 Å². The van der Waals surface area contributed by atoms with Crippen molar-refractivity contribution in [2.45, 2.75) is 6.42 Å². The van der Waals surface area contributed by atoms with Crippen LogP contribution in [-0.2, 0) is 11.2 Å². The number of ether oxygens (including phenoxy) is 2. The molecular weight excluding hydrogens is 330 g/mol. The van der Waals surface area contributed by atoms with Crippen molar-refractivity contribution in [3.05, 3.63) is 54.1 Å². The summed E-state index contributed by atoms with van der Waals surface area (Å²) in [6.45, 7) is 3.37. The Hall–Kier alpha value is -2.57. The van der Waals surface area contributed by atoms with Crippen LogP contribution in [0, 0.1) is 0 Å². The van der Waals surface area contributed by atoms with Crippen molar-refractivity contribution >= 4 is 11.6 Å². The van der Waals surface area contributed by atoms with E-state index in [2.05, 4.69) is 22.3 Å². The number of fused-ring (bicyclic) bond motifs is 1. The van der Waals surface area contributed by atoms with Gasteiger partial charge in [-0.1, -0.05) is 30.3 Å². The minimum Gasteiger partial charge on any atom is -0.486 e. The molecule has 0 radical (unpaired) electrons.